The fourth-order valence-corrected chi connectivity index (χ4v) is 3.22. The molecular formula is C17H15NOS. The Bertz CT molecular complexity index is 772. The Balaban J connectivity index is 2.03. The zero-order valence-electron chi connectivity index (χ0n) is 11.5. The van der Waals surface area contributed by atoms with E-state index in [-0.39, 0.29) is 0 Å². The summed E-state index contributed by atoms with van der Waals surface area (Å²) in [6.45, 7) is 8.00. The third-order valence-electron chi connectivity index (χ3n) is 3.39. The van der Waals surface area contributed by atoms with Gasteiger partial charge in [-0.15, -0.1) is 11.3 Å². The molecule has 3 rings (SSSR count). The van der Waals surface area contributed by atoms with E-state index in [1.165, 1.54) is 15.1 Å². The molecule has 0 unspecified atom stereocenters. The maximum absolute atomic E-state index is 6.00. The molecule has 3 heteroatoms. The fourth-order valence-electron chi connectivity index (χ4n) is 2.16. The maximum atomic E-state index is 6.00. The average molecular weight is 281 g/mol. The minimum absolute atomic E-state index is 0.813. The number of nitrogens with zero attached hydrogens (tertiary/aromatic N) is 1. The van der Waals surface area contributed by atoms with Gasteiger partial charge in [0.05, 0.1) is 10.9 Å². The number of ether oxygens (including phenoxy) is 1. The van der Waals surface area contributed by atoms with Crippen LogP contribution in [0.3, 0.4) is 0 Å². The van der Waals surface area contributed by atoms with Crippen molar-refractivity contribution in [1.82, 2.24) is 4.98 Å². The summed E-state index contributed by atoms with van der Waals surface area (Å²) in [5.41, 5.74) is 2.35. The van der Waals surface area contributed by atoms with Crippen LogP contribution in [0.5, 0.6) is 11.5 Å². The zero-order chi connectivity index (χ0) is 14.1. The van der Waals surface area contributed by atoms with Crippen LogP contribution in [0.4, 0.5) is 0 Å². The van der Waals surface area contributed by atoms with Crippen LogP contribution in [0.1, 0.15) is 16.0 Å². The molecule has 100 valence electrons. The predicted octanol–water partition coefficient (Wildman–Crippen LogP) is 5.35. The first-order valence-electron chi connectivity index (χ1n) is 6.43. The molecule has 0 aliphatic rings. The van der Waals surface area contributed by atoms with Crippen molar-refractivity contribution in [2.75, 3.05) is 0 Å². The topological polar surface area (TPSA) is 22.1 Å². The minimum Gasteiger partial charge on any atom is -0.455 e. The summed E-state index contributed by atoms with van der Waals surface area (Å²) >= 11 is 1.75. The smallest absolute Gasteiger partial charge is 0.154 e. The van der Waals surface area contributed by atoms with Gasteiger partial charge in [-0.25, -0.2) is 0 Å². The number of thiophene rings is 1. The summed E-state index contributed by atoms with van der Waals surface area (Å²) in [4.78, 5) is 5.57. The standard InChI is InChI=1S/C17H15NOS/c1-4-13-5-7-14(8-6-13)19-15-9-18-10-16-17(15)11(2)12(3)20-16/h4-10H,1H2,2-3H3. The number of hydrogen-bond donors (Lipinski definition) is 0. The molecule has 0 amide bonds. The highest BCUT2D eigenvalue weighted by molar-refractivity contribution is 7.19. The number of hydrogen-bond acceptors (Lipinski definition) is 3. The Labute approximate surface area is 122 Å². The van der Waals surface area contributed by atoms with E-state index in [2.05, 4.69) is 25.4 Å². The predicted molar refractivity (Wildman–Crippen MR) is 85.7 cm³/mol. The van der Waals surface area contributed by atoms with Crippen LogP contribution < -0.4 is 4.74 Å². The van der Waals surface area contributed by atoms with Gasteiger partial charge in [0.15, 0.2) is 5.75 Å². The van der Waals surface area contributed by atoms with Crippen LogP contribution in [-0.2, 0) is 0 Å². The lowest BCUT2D eigenvalue weighted by Crippen LogP contribution is -1.87. The normalized spacial score (nSPS) is 10.7. The first kappa shape index (κ1) is 12.9. The number of aryl methyl sites for hydroxylation is 2. The van der Waals surface area contributed by atoms with Gasteiger partial charge in [0.25, 0.3) is 0 Å². The van der Waals surface area contributed by atoms with Crippen LogP contribution >= 0.6 is 11.3 Å². The molecule has 2 nitrogen and oxygen atoms in total. The van der Waals surface area contributed by atoms with E-state index in [1.54, 1.807) is 17.5 Å². The summed E-state index contributed by atoms with van der Waals surface area (Å²) in [7, 11) is 0. The highest BCUT2D eigenvalue weighted by Gasteiger charge is 2.11. The number of fused-ring (bicyclic) bond motifs is 1. The van der Waals surface area contributed by atoms with E-state index in [0.29, 0.717) is 0 Å². The second kappa shape index (κ2) is 5.10. The third-order valence-corrected chi connectivity index (χ3v) is 4.53. The second-order valence-electron chi connectivity index (χ2n) is 4.67. The van der Waals surface area contributed by atoms with Crippen molar-refractivity contribution in [2.45, 2.75) is 13.8 Å². The molecule has 0 radical (unpaired) electrons. The maximum Gasteiger partial charge on any atom is 0.154 e. The lowest BCUT2D eigenvalue weighted by Gasteiger charge is -2.07. The number of rotatable bonds is 3. The van der Waals surface area contributed by atoms with E-state index in [4.69, 9.17) is 4.74 Å². The lowest BCUT2D eigenvalue weighted by molar-refractivity contribution is 0.486. The summed E-state index contributed by atoms with van der Waals surface area (Å²) in [6, 6.07) is 7.87. The summed E-state index contributed by atoms with van der Waals surface area (Å²) < 4.78 is 7.16. The van der Waals surface area contributed by atoms with Gasteiger partial charge in [-0.3, -0.25) is 4.98 Å². The first-order chi connectivity index (χ1) is 9.69. The molecule has 0 bridgehead atoms. The zero-order valence-corrected chi connectivity index (χ0v) is 12.3. The van der Waals surface area contributed by atoms with Crippen molar-refractivity contribution >= 4 is 27.5 Å². The molecule has 2 aromatic heterocycles. The van der Waals surface area contributed by atoms with Gasteiger partial charge < -0.3 is 4.74 Å². The lowest BCUT2D eigenvalue weighted by atomic mass is 10.2. The van der Waals surface area contributed by atoms with Gasteiger partial charge in [0, 0.05) is 16.5 Å². The molecule has 0 aliphatic heterocycles. The highest BCUT2D eigenvalue weighted by Crippen LogP contribution is 2.37. The van der Waals surface area contributed by atoms with Crippen LogP contribution in [0.2, 0.25) is 0 Å². The van der Waals surface area contributed by atoms with Gasteiger partial charge in [-0.05, 0) is 37.1 Å². The molecule has 0 aliphatic carbocycles. The molecular weight excluding hydrogens is 266 g/mol. The Morgan fingerprint density at radius 2 is 1.90 bits per heavy atom. The molecule has 0 saturated carbocycles. The van der Waals surface area contributed by atoms with E-state index in [0.717, 1.165) is 22.4 Å². The van der Waals surface area contributed by atoms with Crippen molar-refractivity contribution in [1.29, 1.82) is 0 Å². The van der Waals surface area contributed by atoms with Crippen molar-refractivity contribution < 1.29 is 4.74 Å². The van der Waals surface area contributed by atoms with Gasteiger partial charge in [-0.1, -0.05) is 24.8 Å². The van der Waals surface area contributed by atoms with Gasteiger partial charge in [-0.2, -0.15) is 0 Å². The quantitative estimate of drug-likeness (QED) is 0.645. The van der Waals surface area contributed by atoms with Crippen molar-refractivity contribution in [3.8, 4) is 11.5 Å². The molecule has 20 heavy (non-hydrogen) atoms. The monoisotopic (exact) mass is 281 g/mol. The minimum atomic E-state index is 0.813. The Morgan fingerprint density at radius 3 is 2.60 bits per heavy atom. The second-order valence-corrected chi connectivity index (χ2v) is 5.93. The number of pyridine rings is 1. The average Bonchev–Trinajstić information content (AvgIpc) is 2.76. The number of aromatic nitrogens is 1. The largest absolute Gasteiger partial charge is 0.455 e. The molecule has 0 saturated heterocycles. The molecule has 0 fully saturated rings. The molecule has 3 aromatic rings. The van der Waals surface area contributed by atoms with E-state index >= 15 is 0 Å². The van der Waals surface area contributed by atoms with Crippen molar-refractivity contribution in [2.24, 2.45) is 0 Å². The summed E-state index contributed by atoms with van der Waals surface area (Å²) in [5.74, 6) is 1.63. The van der Waals surface area contributed by atoms with Crippen LogP contribution in [0.25, 0.3) is 16.2 Å². The van der Waals surface area contributed by atoms with Crippen molar-refractivity contribution in [3.05, 3.63) is 59.2 Å². The molecule has 1 aromatic carbocycles. The molecule has 0 spiro atoms. The van der Waals surface area contributed by atoms with Crippen LogP contribution in [-0.4, -0.2) is 4.98 Å². The molecule has 2 heterocycles. The summed E-state index contributed by atoms with van der Waals surface area (Å²) in [5, 5.41) is 1.16. The van der Waals surface area contributed by atoms with E-state index in [9.17, 15) is 0 Å². The highest BCUT2D eigenvalue weighted by atomic mass is 32.1. The SMILES string of the molecule is C=Cc1ccc(Oc2cncc3sc(C)c(C)c23)cc1. The summed E-state index contributed by atoms with van der Waals surface area (Å²) in [6.07, 6.45) is 5.50. The Kier molecular flexibility index (Phi) is 3.28. The van der Waals surface area contributed by atoms with Gasteiger partial charge in [0.2, 0.25) is 0 Å². The number of benzene rings is 1. The van der Waals surface area contributed by atoms with Crippen molar-refractivity contribution in [3.63, 3.8) is 0 Å². The molecule has 0 N–H and O–H groups in total. The Morgan fingerprint density at radius 1 is 1.15 bits per heavy atom. The van der Waals surface area contributed by atoms with Crippen LogP contribution in [0, 0.1) is 13.8 Å². The first-order valence-corrected chi connectivity index (χ1v) is 7.25. The van der Waals surface area contributed by atoms with E-state index < -0.39 is 0 Å². The van der Waals surface area contributed by atoms with E-state index in [1.807, 2.05) is 36.5 Å². The molecule has 0 atom stereocenters. The van der Waals surface area contributed by atoms with Gasteiger partial charge in [0.1, 0.15) is 5.75 Å². The van der Waals surface area contributed by atoms with Gasteiger partial charge >= 0.3 is 0 Å². The Hall–Kier alpha value is -2.13. The fraction of sp³-hybridized carbons (Fsp3) is 0.118. The van der Waals surface area contributed by atoms with Crippen LogP contribution in [0.15, 0.2) is 43.2 Å². The third kappa shape index (κ3) is 2.21.